The molecule has 116 valence electrons. The average molecular weight is 297 g/mol. The molecule has 0 aromatic heterocycles. The van der Waals surface area contributed by atoms with Crippen LogP contribution in [0.5, 0.6) is 0 Å². The maximum Gasteiger partial charge on any atom is 0.103 e. The first-order chi connectivity index (χ1) is 10.7. The smallest absolute Gasteiger partial charge is 0.103 e. The van der Waals surface area contributed by atoms with Crippen LogP contribution in [0.3, 0.4) is 0 Å². The number of ether oxygens (including phenoxy) is 1. The summed E-state index contributed by atoms with van der Waals surface area (Å²) in [4.78, 5) is 0. The van der Waals surface area contributed by atoms with Crippen molar-refractivity contribution in [2.75, 3.05) is 19.8 Å². The normalized spacial score (nSPS) is 22.6. The summed E-state index contributed by atoms with van der Waals surface area (Å²) < 4.78 is 5.33. The van der Waals surface area contributed by atoms with Crippen LogP contribution in [0.4, 0.5) is 0 Å². The van der Waals surface area contributed by atoms with Crippen molar-refractivity contribution in [2.45, 2.75) is 25.0 Å². The minimum absolute atomic E-state index is 0.0754. The lowest BCUT2D eigenvalue weighted by molar-refractivity contribution is 0.0257. The van der Waals surface area contributed by atoms with Crippen LogP contribution in [0.1, 0.15) is 29.2 Å². The molecule has 0 saturated carbocycles. The Bertz CT molecular complexity index is 589. The molecular formula is C19H23NO2. The standard InChI is InChI=1S/C19H23NO2/c1-15-7-9-17(10-8-15)18(16-5-3-2-4-6-16)20-13-19(21)11-12-22-14-19/h2-10,18,20-21H,11-14H2,1H3/t18-,19-/m0/s1. The van der Waals surface area contributed by atoms with E-state index in [1.807, 2.05) is 18.2 Å². The van der Waals surface area contributed by atoms with Crippen molar-refractivity contribution in [1.29, 1.82) is 0 Å². The predicted molar refractivity (Wildman–Crippen MR) is 87.9 cm³/mol. The van der Waals surface area contributed by atoms with Gasteiger partial charge in [0.1, 0.15) is 5.60 Å². The first kappa shape index (κ1) is 15.2. The molecule has 0 aliphatic carbocycles. The van der Waals surface area contributed by atoms with Gasteiger partial charge in [0.25, 0.3) is 0 Å². The van der Waals surface area contributed by atoms with Crippen LogP contribution >= 0.6 is 0 Å². The molecule has 22 heavy (non-hydrogen) atoms. The molecule has 3 nitrogen and oxygen atoms in total. The van der Waals surface area contributed by atoms with Gasteiger partial charge in [-0.2, -0.15) is 0 Å². The zero-order valence-corrected chi connectivity index (χ0v) is 13.0. The van der Waals surface area contributed by atoms with E-state index in [1.54, 1.807) is 0 Å². The van der Waals surface area contributed by atoms with Crippen molar-refractivity contribution in [2.24, 2.45) is 0 Å². The number of hydrogen-bond acceptors (Lipinski definition) is 3. The molecule has 1 heterocycles. The first-order valence-corrected chi connectivity index (χ1v) is 7.81. The van der Waals surface area contributed by atoms with Gasteiger partial charge in [-0.05, 0) is 18.1 Å². The van der Waals surface area contributed by atoms with Gasteiger partial charge in [0.2, 0.25) is 0 Å². The number of rotatable bonds is 5. The summed E-state index contributed by atoms with van der Waals surface area (Å²) in [5.74, 6) is 0. The monoisotopic (exact) mass is 297 g/mol. The van der Waals surface area contributed by atoms with Gasteiger partial charge in [0.15, 0.2) is 0 Å². The lowest BCUT2D eigenvalue weighted by Gasteiger charge is -2.26. The van der Waals surface area contributed by atoms with Crippen molar-refractivity contribution in [3.05, 3.63) is 71.3 Å². The summed E-state index contributed by atoms with van der Waals surface area (Å²) in [7, 11) is 0. The number of hydrogen-bond donors (Lipinski definition) is 2. The second-order valence-electron chi connectivity index (χ2n) is 6.16. The van der Waals surface area contributed by atoms with Gasteiger partial charge in [-0.3, -0.25) is 0 Å². The molecule has 1 fully saturated rings. The number of aryl methyl sites for hydroxylation is 1. The van der Waals surface area contributed by atoms with E-state index in [0.717, 1.165) is 0 Å². The van der Waals surface area contributed by atoms with Crippen LogP contribution in [0, 0.1) is 6.92 Å². The highest BCUT2D eigenvalue weighted by molar-refractivity contribution is 5.33. The van der Waals surface area contributed by atoms with Gasteiger partial charge in [0.05, 0.1) is 12.6 Å². The molecule has 2 atom stereocenters. The zero-order chi connectivity index (χ0) is 15.4. The lowest BCUT2D eigenvalue weighted by atomic mass is 9.96. The Hall–Kier alpha value is -1.68. The summed E-state index contributed by atoms with van der Waals surface area (Å²) in [6.45, 7) is 3.67. The molecule has 3 rings (SSSR count). The summed E-state index contributed by atoms with van der Waals surface area (Å²) >= 11 is 0. The van der Waals surface area contributed by atoms with Gasteiger partial charge in [0, 0.05) is 19.6 Å². The molecule has 2 aromatic rings. The van der Waals surface area contributed by atoms with E-state index in [1.165, 1.54) is 16.7 Å². The summed E-state index contributed by atoms with van der Waals surface area (Å²) in [6.07, 6.45) is 0.690. The number of aliphatic hydroxyl groups is 1. The topological polar surface area (TPSA) is 41.5 Å². The second kappa shape index (κ2) is 6.61. The van der Waals surface area contributed by atoms with Crippen molar-refractivity contribution in [3.63, 3.8) is 0 Å². The largest absolute Gasteiger partial charge is 0.386 e. The van der Waals surface area contributed by atoms with Gasteiger partial charge in [-0.1, -0.05) is 60.2 Å². The van der Waals surface area contributed by atoms with E-state index in [9.17, 15) is 5.11 Å². The van der Waals surface area contributed by atoms with Crippen LogP contribution in [0.25, 0.3) is 0 Å². The highest BCUT2D eigenvalue weighted by atomic mass is 16.5. The molecule has 0 amide bonds. The molecule has 0 unspecified atom stereocenters. The summed E-state index contributed by atoms with van der Waals surface area (Å²) in [5, 5.41) is 14.0. The fourth-order valence-electron chi connectivity index (χ4n) is 2.86. The highest BCUT2D eigenvalue weighted by Gasteiger charge is 2.32. The fraction of sp³-hybridized carbons (Fsp3) is 0.368. The maximum absolute atomic E-state index is 10.5. The minimum Gasteiger partial charge on any atom is -0.386 e. The van der Waals surface area contributed by atoms with E-state index in [-0.39, 0.29) is 6.04 Å². The summed E-state index contributed by atoms with van der Waals surface area (Å²) in [6, 6.07) is 19.0. The SMILES string of the molecule is Cc1ccc([C@@H](NC[C@@]2(O)CCOC2)c2ccccc2)cc1. The molecule has 1 aliphatic rings. The van der Waals surface area contributed by atoms with Crippen molar-refractivity contribution in [1.82, 2.24) is 5.32 Å². The summed E-state index contributed by atoms with van der Waals surface area (Å²) in [5.41, 5.74) is 2.91. The number of nitrogens with one attached hydrogen (secondary N) is 1. The third kappa shape index (κ3) is 3.55. The van der Waals surface area contributed by atoms with E-state index in [2.05, 4.69) is 48.6 Å². The molecule has 0 bridgehead atoms. The molecular weight excluding hydrogens is 274 g/mol. The molecule has 2 N–H and O–H groups in total. The van der Waals surface area contributed by atoms with E-state index < -0.39 is 5.60 Å². The quantitative estimate of drug-likeness (QED) is 0.891. The molecule has 2 aromatic carbocycles. The van der Waals surface area contributed by atoms with E-state index in [0.29, 0.717) is 26.2 Å². The third-order valence-electron chi connectivity index (χ3n) is 4.26. The van der Waals surface area contributed by atoms with Crippen molar-refractivity contribution >= 4 is 0 Å². The first-order valence-electron chi connectivity index (χ1n) is 7.81. The number of benzene rings is 2. The Labute approximate surface area is 131 Å². The average Bonchev–Trinajstić information content (AvgIpc) is 2.97. The fourth-order valence-corrected chi connectivity index (χ4v) is 2.86. The highest BCUT2D eigenvalue weighted by Crippen LogP contribution is 2.24. The minimum atomic E-state index is -0.752. The molecule has 0 spiro atoms. The van der Waals surface area contributed by atoms with E-state index in [4.69, 9.17) is 4.74 Å². The van der Waals surface area contributed by atoms with Crippen LogP contribution in [-0.4, -0.2) is 30.5 Å². The predicted octanol–water partition coefficient (Wildman–Crippen LogP) is 2.83. The van der Waals surface area contributed by atoms with Gasteiger partial charge in [-0.25, -0.2) is 0 Å². The Morgan fingerprint density at radius 1 is 1.09 bits per heavy atom. The van der Waals surface area contributed by atoms with Gasteiger partial charge >= 0.3 is 0 Å². The molecule has 3 heteroatoms. The molecule has 0 radical (unpaired) electrons. The maximum atomic E-state index is 10.5. The lowest BCUT2D eigenvalue weighted by Crippen LogP contribution is -2.42. The molecule has 1 aliphatic heterocycles. The zero-order valence-electron chi connectivity index (χ0n) is 13.0. The molecule has 1 saturated heterocycles. The van der Waals surface area contributed by atoms with Crippen molar-refractivity contribution in [3.8, 4) is 0 Å². The van der Waals surface area contributed by atoms with Gasteiger partial charge in [-0.15, -0.1) is 0 Å². The Kier molecular flexibility index (Phi) is 4.57. The second-order valence-corrected chi connectivity index (χ2v) is 6.16. The van der Waals surface area contributed by atoms with Crippen LogP contribution in [-0.2, 0) is 4.74 Å². The van der Waals surface area contributed by atoms with Crippen LogP contribution in [0.15, 0.2) is 54.6 Å². The van der Waals surface area contributed by atoms with Crippen molar-refractivity contribution < 1.29 is 9.84 Å². The van der Waals surface area contributed by atoms with Crippen LogP contribution in [0.2, 0.25) is 0 Å². The third-order valence-corrected chi connectivity index (χ3v) is 4.26. The Morgan fingerprint density at radius 3 is 2.41 bits per heavy atom. The van der Waals surface area contributed by atoms with Gasteiger partial charge < -0.3 is 15.2 Å². The van der Waals surface area contributed by atoms with Crippen LogP contribution < -0.4 is 5.32 Å². The van der Waals surface area contributed by atoms with E-state index >= 15 is 0 Å². The Morgan fingerprint density at radius 2 is 1.77 bits per heavy atom. The Balaban J connectivity index is 1.81.